The van der Waals surface area contributed by atoms with Crippen molar-refractivity contribution in [2.45, 2.75) is 6.54 Å². The average molecular weight is 266 g/mol. The minimum atomic E-state index is 0.406. The van der Waals surface area contributed by atoms with E-state index in [0.29, 0.717) is 18.3 Å². The van der Waals surface area contributed by atoms with Crippen molar-refractivity contribution in [2.75, 3.05) is 5.73 Å². The van der Waals surface area contributed by atoms with Crippen molar-refractivity contribution < 1.29 is 4.52 Å². The standard InChI is InChI=1S/C13H10N6O/c14-13-17-10-5-15-9-4-2-1-3-8(9)12(10)19(13)6-11-16-7-20-18-11/h1-5,7H,6H2,(H2,14,17). The molecule has 20 heavy (non-hydrogen) atoms. The number of fused-ring (bicyclic) bond motifs is 3. The maximum Gasteiger partial charge on any atom is 0.213 e. The number of aromatic nitrogens is 5. The van der Waals surface area contributed by atoms with E-state index in [9.17, 15) is 0 Å². The topological polar surface area (TPSA) is 95.7 Å². The molecule has 4 aromatic rings. The van der Waals surface area contributed by atoms with Gasteiger partial charge >= 0.3 is 0 Å². The van der Waals surface area contributed by atoms with Gasteiger partial charge in [0.05, 0.1) is 23.8 Å². The van der Waals surface area contributed by atoms with E-state index < -0.39 is 0 Å². The Labute approximate surface area is 113 Å². The van der Waals surface area contributed by atoms with Gasteiger partial charge in [-0.2, -0.15) is 4.98 Å². The number of para-hydroxylation sites is 1. The Morgan fingerprint density at radius 1 is 1.15 bits per heavy atom. The second-order valence-electron chi connectivity index (χ2n) is 4.41. The molecular formula is C13H10N6O. The van der Waals surface area contributed by atoms with Gasteiger partial charge < -0.3 is 14.8 Å². The van der Waals surface area contributed by atoms with Gasteiger partial charge in [0.15, 0.2) is 5.82 Å². The SMILES string of the molecule is Nc1nc2cnc3ccccc3c2n1Cc1ncon1. The Morgan fingerprint density at radius 3 is 2.90 bits per heavy atom. The van der Waals surface area contributed by atoms with Crippen molar-refractivity contribution in [3.05, 3.63) is 42.7 Å². The maximum atomic E-state index is 6.00. The first-order valence-electron chi connectivity index (χ1n) is 6.07. The van der Waals surface area contributed by atoms with Crippen molar-refractivity contribution >= 4 is 27.9 Å². The maximum absolute atomic E-state index is 6.00. The van der Waals surface area contributed by atoms with E-state index in [1.165, 1.54) is 6.39 Å². The van der Waals surface area contributed by atoms with Crippen molar-refractivity contribution in [1.82, 2.24) is 24.7 Å². The molecule has 4 rings (SSSR count). The third-order valence-corrected chi connectivity index (χ3v) is 3.22. The van der Waals surface area contributed by atoms with E-state index in [1.807, 2.05) is 28.8 Å². The van der Waals surface area contributed by atoms with E-state index in [1.54, 1.807) is 6.20 Å². The van der Waals surface area contributed by atoms with Crippen LogP contribution in [0.25, 0.3) is 21.9 Å². The van der Waals surface area contributed by atoms with Gasteiger partial charge in [-0.05, 0) is 6.07 Å². The summed E-state index contributed by atoms with van der Waals surface area (Å²) in [4.78, 5) is 12.7. The number of hydrogen-bond donors (Lipinski definition) is 1. The second kappa shape index (κ2) is 4.02. The van der Waals surface area contributed by atoms with Gasteiger partial charge in [0, 0.05) is 5.39 Å². The molecule has 3 aromatic heterocycles. The number of anilines is 1. The van der Waals surface area contributed by atoms with Crippen LogP contribution >= 0.6 is 0 Å². The molecule has 2 N–H and O–H groups in total. The molecule has 0 bridgehead atoms. The van der Waals surface area contributed by atoms with Gasteiger partial charge in [-0.1, -0.05) is 23.4 Å². The van der Waals surface area contributed by atoms with E-state index in [4.69, 9.17) is 10.3 Å². The number of rotatable bonds is 2. The third-order valence-electron chi connectivity index (χ3n) is 3.22. The lowest BCUT2D eigenvalue weighted by molar-refractivity contribution is 0.408. The van der Waals surface area contributed by atoms with E-state index in [2.05, 4.69) is 20.1 Å². The van der Waals surface area contributed by atoms with Gasteiger partial charge in [-0.3, -0.25) is 4.98 Å². The van der Waals surface area contributed by atoms with E-state index in [0.717, 1.165) is 21.9 Å². The summed E-state index contributed by atoms with van der Waals surface area (Å²) in [5.74, 6) is 0.958. The molecule has 0 atom stereocenters. The molecule has 0 aliphatic carbocycles. The van der Waals surface area contributed by atoms with E-state index >= 15 is 0 Å². The first-order chi connectivity index (χ1) is 9.83. The molecule has 3 heterocycles. The summed E-state index contributed by atoms with van der Waals surface area (Å²) >= 11 is 0. The Bertz CT molecular complexity index is 896. The molecular weight excluding hydrogens is 256 g/mol. The minimum absolute atomic E-state index is 0.406. The minimum Gasteiger partial charge on any atom is -0.369 e. The van der Waals surface area contributed by atoms with Crippen LogP contribution in [0.1, 0.15) is 5.82 Å². The predicted molar refractivity (Wildman–Crippen MR) is 72.8 cm³/mol. The van der Waals surface area contributed by atoms with Crippen LogP contribution in [0.5, 0.6) is 0 Å². The summed E-state index contributed by atoms with van der Waals surface area (Å²) in [7, 11) is 0. The lowest BCUT2D eigenvalue weighted by Gasteiger charge is -2.05. The molecule has 98 valence electrons. The summed E-state index contributed by atoms with van der Waals surface area (Å²) < 4.78 is 6.62. The number of nitrogens with zero attached hydrogens (tertiary/aromatic N) is 5. The summed E-state index contributed by atoms with van der Waals surface area (Å²) in [5, 5.41) is 4.81. The van der Waals surface area contributed by atoms with Crippen LogP contribution < -0.4 is 5.73 Å². The largest absolute Gasteiger partial charge is 0.369 e. The number of nitrogens with two attached hydrogens (primary N) is 1. The average Bonchev–Trinajstić information content (AvgIpc) is 3.08. The predicted octanol–water partition coefficient (Wildman–Crippen LogP) is 1.60. The number of benzene rings is 1. The Kier molecular flexibility index (Phi) is 2.19. The smallest absolute Gasteiger partial charge is 0.213 e. The van der Waals surface area contributed by atoms with Crippen molar-refractivity contribution in [3.8, 4) is 0 Å². The van der Waals surface area contributed by atoms with Crippen molar-refractivity contribution in [2.24, 2.45) is 0 Å². The summed E-state index contributed by atoms with van der Waals surface area (Å²) in [6.07, 6.45) is 3.02. The normalized spacial score (nSPS) is 11.4. The molecule has 7 nitrogen and oxygen atoms in total. The molecule has 1 aromatic carbocycles. The first kappa shape index (κ1) is 10.9. The van der Waals surface area contributed by atoms with Gasteiger partial charge in [-0.25, -0.2) is 4.98 Å². The van der Waals surface area contributed by atoms with Crippen LogP contribution in [0.15, 0.2) is 41.4 Å². The highest BCUT2D eigenvalue weighted by Gasteiger charge is 2.13. The highest BCUT2D eigenvalue weighted by atomic mass is 16.5. The Balaban J connectivity index is 2.03. The highest BCUT2D eigenvalue weighted by molar-refractivity contribution is 6.02. The summed E-state index contributed by atoms with van der Waals surface area (Å²) in [6.45, 7) is 0.410. The summed E-state index contributed by atoms with van der Waals surface area (Å²) in [5.41, 5.74) is 8.58. The molecule has 7 heteroatoms. The number of pyridine rings is 1. The monoisotopic (exact) mass is 266 g/mol. The molecule has 0 fully saturated rings. The fourth-order valence-electron chi connectivity index (χ4n) is 2.34. The Morgan fingerprint density at radius 2 is 2.05 bits per heavy atom. The molecule has 0 saturated carbocycles. The van der Waals surface area contributed by atoms with Gasteiger partial charge in [0.25, 0.3) is 0 Å². The third kappa shape index (κ3) is 1.53. The molecule has 0 aliphatic heterocycles. The molecule has 0 spiro atoms. The zero-order valence-electron chi connectivity index (χ0n) is 10.4. The van der Waals surface area contributed by atoms with Crippen LogP contribution in [0.3, 0.4) is 0 Å². The molecule has 0 unspecified atom stereocenters. The van der Waals surface area contributed by atoms with E-state index in [-0.39, 0.29) is 0 Å². The summed E-state index contributed by atoms with van der Waals surface area (Å²) in [6, 6.07) is 7.87. The molecule has 0 aliphatic rings. The lowest BCUT2D eigenvalue weighted by atomic mass is 10.2. The van der Waals surface area contributed by atoms with Crippen LogP contribution in [-0.2, 0) is 6.54 Å². The molecule has 0 radical (unpaired) electrons. The van der Waals surface area contributed by atoms with Crippen molar-refractivity contribution in [3.63, 3.8) is 0 Å². The highest BCUT2D eigenvalue weighted by Crippen LogP contribution is 2.25. The molecule has 0 amide bonds. The van der Waals surface area contributed by atoms with Gasteiger partial charge in [-0.15, -0.1) is 0 Å². The molecule has 0 saturated heterocycles. The number of hydrogen-bond acceptors (Lipinski definition) is 6. The van der Waals surface area contributed by atoms with Gasteiger partial charge in [0.1, 0.15) is 5.52 Å². The number of imidazole rings is 1. The van der Waals surface area contributed by atoms with Crippen LogP contribution in [0.2, 0.25) is 0 Å². The zero-order valence-corrected chi connectivity index (χ0v) is 10.4. The van der Waals surface area contributed by atoms with Gasteiger partial charge in [0.2, 0.25) is 12.3 Å². The first-order valence-corrected chi connectivity index (χ1v) is 6.07. The number of nitrogen functional groups attached to an aromatic ring is 1. The van der Waals surface area contributed by atoms with Crippen LogP contribution in [0.4, 0.5) is 5.95 Å². The Hall–Kier alpha value is -2.96. The second-order valence-corrected chi connectivity index (χ2v) is 4.41. The van der Waals surface area contributed by atoms with Crippen LogP contribution in [0, 0.1) is 0 Å². The van der Waals surface area contributed by atoms with Crippen molar-refractivity contribution in [1.29, 1.82) is 0 Å². The quantitative estimate of drug-likeness (QED) is 0.592. The van der Waals surface area contributed by atoms with Crippen LogP contribution in [-0.4, -0.2) is 24.7 Å². The zero-order chi connectivity index (χ0) is 13.5. The fourth-order valence-corrected chi connectivity index (χ4v) is 2.34. The fraction of sp³-hybridized carbons (Fsp3) is 0.0769. The lowest BCUT2D eigenvalue weighted by Crippen LogP contribution is -2.06.